The van der Waals surface area contributed by atoms with E-state index in [-0.39, 0.29) is 18.1 Å². The second kappa shape index (κ2) is 13.0. The summed E-state index contributed by atoms with van der Waals surface area (Å²) in [7, 11) is 0. The number of hydrogen-bond acceptors (Lipinski definition) is 4. The number of para-hydroxylation sites is 1. The summed E-state index contributed by atoms with van der Waals surface area (Å²) in [4.78, 5) is 37.5. The molecule has 9 nitrogen and oxygen atoms in total. The summed E-state index contributed by atoms with van der Waals surface area (Å²) in [5.41, 5.74) is 5.28. The van der Waals surface area contributed by atoms with Gasteiger partial charge in [-0.25, -0.2) is 14.6 Å². The molecule has 2 saturated heterocycles. The number of rotatable bonds is 8. The molecule has 3 aliphatic heterocycles. The lowest BCUT2D eigenvalue weighted by Gasteiger charge is -2.41. The maximum Gasteiger partial charge on any atom is 0.326 e. The van der Waals surface area contributed by atoms with Gasteiger partial charge < -0.3 is 20.1 Å². The minimum absolute atomic E-state index is 0.00247. The van der Waals surface area contributed by atoms with Crippen molar-refractivity contribution in [2.24, 2.45) is 0 Å². The standard InChI is InChI=1S/C35H47N7O2/c1-24(2)36-34(43)39-20-17-33-32(23-39)37-26(4)42(33)31-21-29-15-16-30(22-31)40(29)18-8-19-41(28-9-6-5-7-10-28)35(44)38-27-13-11-25(3)12-14-27/h5-7,9-14,24,29-31H,8,15-23H2,1-4H3,(H,36,43)(H,38,44)/t29-,30+,31?. The number of urea groups is 2. The van der Waals surface area contributed by atoms with Gasteiger partial charge in [-0.2, -0.15) is 0 Å². The first-order valence-electron chi connectivity index (χ1n) is 16.3. The van der Waals surface area contributed by atoms with Crippen molar-refractivity contribution in [2.75, 3.05) is 29.9 Å². The summed E-state index contributed by atoms with van der Waals surface area (Å²) >= 11 is 0. The Morgan fingerprint density at radius 1 is 0.977 bits per heavy atom. The number of piperidine rings is 1. The van der Waals surface area contributed by atoms with Gasteiger partial charge in [0.1, 0.15) is 5.82 Å². The van der Waals surface area contributed by atoms with E-state index in [2.05, 4.69) is 27.0 Å². The Morgan fingerprint density at radius 3 is 2.36 bits per heavy atom. The molecule has 0 radical (unpaired) electrons. The van der Waals surface area contributed by atoms with Gasteiger partial charge in [-0.15, -0.1) is 0 Å². The summed E-state index contributed by atoms with van der Waals surface area (Å²) < 4.78 is 2.52. The lowest BCUT2D eigenvalue weighted by molar-refractivity contribution is 0.104. The van der Waals surface area contributed by atoms with Crippen LogP contribution in [-0.4, -0.2) is 69.2 Å². The Morgan fingerprint density at radius 2 is 1.68 bits per heavy atom. The van der Waals surface area contributed by atoms with E-state index in [0.29, 0.717) is 31.2 Å². The number of nitrogens with one attached hydrogen (secondary N) is 2. The SMILES string of the molecule is Cc1ccc(NC(=O)N(CCCN2[C@@H]3CC[C@H]2CC(n2c(C)nc4c2CCN(C(=O)NC(C)C)C4)C3)c2ccccc2)cc1. The molecule has 2 N–H and O–H groups in total. The predicted octanol–water partition coefficient (Wildman–Crippen LogP) is 6.27. The van der Waals surface area contributed by atoms with Gasteiger partial charge in [0.15, 0.2) is 0 Å². The fraction of sp³-hybridized carbons (Fsp3) is 0.514. The number of aromatic nitrogens is 2. The molecule has 0 aliphatic carbocycles. The minimum atomic E-state index is -0.0951. The van der Waals surface area contributed by atoms with Crippen molar-refractivity contribution >= 4 is 23.4 Å². The number of carbonyl (C=O) groups is 2. The summed E-state index contributed by atoms with van der Waals surface area (Å²) in [6, 6.07) is 19.5. The van der Waals surface area contributed by atoms with Crippen molar-refractivity contribution in [3.63, 3.8) is 0 Å². The number of hydrogen-bond donors (Lipinski definition) is 2. The summed E-state index contributed by atoms with van der Waals surface area (Å²) in [5, 5.41) is 6.12. The van der Waals surface area contributed by atoms with E-state index in [9.17, 15) is 9.59 Å². The van der Waals surface area contributed by atoms with Gasteiger partial charge >= 0.3 is 12.1 Å². The van der Waals surface area contributed by atoms with Crippen LogP contribution in [0.1, 0.15) is 74.8 Å². The highest BCUT2D eigenvalue weighted by Gasteiger charge is 2.42. The van der Waals surface area contributed by atoms with Crippen LogP contribution >= 0.6 is 0 Å². The highest BCUT2D eigenvalue weighted by Crippen LogP contribution is 2.42. The third-order valence-corrected chi connectivity index (χ3v) is 9.57. The molecule has 1 aromatic heterocycles. The number of amides is 4. The quantitative estimate of drug-likeness (QED) is 0.320. The minimum Gasteiger partial charge on any atom is -0.336 e. The van der Waals surface area contributed by atoms with Crippen LogP contribution in [0.4, 0.5) is 21.0 Å². The molecule has 9 heteroatoms. The van der Waals surface area contributed by atoms with Crippen LogP contribution in [0, 0.1) is 13.8 Å². The van der Waals surface area contributed by atoms with E-state index in [0.717, 1.165) is 61.7 Å². The van der Waals surface area contributed by atoms with Crippen LogP contribution < -0.4 is 15.5 Å². The van der Waals surface area contributed by atoms with Gasteiger partial charge in [-0.3, -0.25) is 9.80 Å². The molecule has 234 valence electrons. The van der Waals surface area contributed by atoms with Crippen molar-refractivity contribution in [2.45, 2.75) is 96.9 Å². The van der Waals surface area contributed by atoms with Gasteiger partial charge in [-0.05, 0) is 84.1 Å². The van der Waals surface area contributed by atoms with Crippen LogP contribution in [-0.2, 0) is 13.0 Å². The molecule has 0 spiro atoms. The summed E-state index contributed by atoms with van der Waals surface area (Å²) in [6.45, 7) is 11.1. The van der Waals surface area contributed by atoms with E-state index in [1.54, 1.807) is 0 Å². The number of anilines is 2. The van der Waals surface area contributed by atoms with Crippen LogP contribution in [0.15, 0.2) is 54.6 Å². The van der Waals surface area contributed by atoms with Crippen LogP contribution in [0.5, 0.6) is 0 Å². The van der Waals surface area contributed by atoms with Crippen LogP contribution in [0.2, 0.25) is 0 Å². The van der Waals surface area contributed by atoms with E-state index in [1.807, 2.05) is 85.2 Å². The normalized spacial score (nSPS) is 21.3. The lowest BCUT2D eigenvalue weighted by Crippen LogP contribution is -2.46. The van der Waals surface area contributed by atoms with Crippen LogP contribution in [0.25, 0.3) is 0 Å². The Hall–Kier alpha value is -3.85. The van der Waals surface area contributed by atoms with E-state index >= 15 is 0 Å². The third kappa shape index (κ3) is 6.48. The van der Waals surface area contributed by atoms with E-state index in [1.165, 1.54) is 24.1 Å². The highest BCUT2D eigenvalue weighted by molar-refractivity contribution is 6.01. The molecule has 4 heterocycles. The number of carbonyl (C=O) groups excluding carboxylic acids is 2. The van der Waals surface area contributed by atoms with Gasteiger partial charge in [0, 0.05) is 67.3 Å². The highest BCUT2D eigenvalue weighted by atomic mass is 16.2. The third-order valence-electron chi connectivity index (χ3n) is 9.57. The molecule has 3 aromatic rings. The second-order valence-electron chi connectivity index (χ2n) is 13.1. The van der Waals surface area contributed by atoms with Crippen molar-refractivity contribution < 1.29 is 9.59 Å². The molecule has 2 aromatic carbocycles. The topological polar surface area (TPSA) is 85.7 Å². The van der Waals surface area contributed by atoms with Crippen molar-refractivity contribution in [1.82, 2.24) is 24.7 Å². The summed E-state index contributed by atoms with van der Waals surface area (Å²) in [5.74, 6) is 1.08. The molecule has 1 unspecified atom stereocenters. The Kier molecular flexibility index (Phi) is 8.93. The average Bonchev–Trinajstić information content (AvgIpc) is 3.45. The van der Waals surface area contributed by atoms with E-state index < -0.39 is 0 Å². The molecule has 4 amide bonds. The largest absolute Gasteiger partial charge is 0.336 e. The average molecular weight is 598 g/mol. The Balaban J connectivity index is 1.08. The zero-order valence-electron chi connectivity index (χ0n) is 26.6. The fourth-order valence-corrected chi connectivity index (χ4v) is 7.55. The molecule has 0 saturated carbocycles. The molecule has 6 rings (SSSR count). The first-order valence-corrected chi connectivity index (χ1v) is 16.3. The predicted molar refractivity (Wildman–Crippen MR) is 175 cm³/mol. The first kappa shape index (κ1) is 30.2. The lowest BCUT2D eigenvalue weighted by atomic mass is 9.95. The summed E-state index contributed by atoms with van der Waals surface area (Å²) in [6.07, 6.45) is 6.51. The Labute approximate surface area is 261 Å². The number of benzene rings is 2. The number of nitrogens with zero attached hydrogens (tertiary/aromatic N) is 5. The van der Waals surface area contributed by atoms with Gasteiger partial charge in [0.05, 0.1) is 12.2 Å². The molecule has 3 aliphatic rings. The van der Waals surface area contributed by atoms with Crippen molar-refractivity contribution in [3.05, 3.63) is 77.4 Å². The molecule has 2 bridgehead atoms. The van der Waals surface area contributed by atoms with Gasteiger partial charge in [0.25, 0.3) is 0 Å². The first-order chi connectivity index (χ1) is 21.3. The van der Waals surface area contributed by atoms with Gasteiger partial charge in [-0.1, -0.05) is 35.9 Å². The zero-order chi connectivity index (χ0) is 30.8. The maximum absolute atomic E-state index is 13.4. The van der Waals surface area contributed by atoms with E-state index in [4.69, 9.17) is 4.98 Å². The van der Waals surface area contributed by atoms with Crippen molar-refractivity contribution in [3.8, 4) is 0 Å². The zero-order valence-corrected chi connectivity index (χ0v) is 26.6. The number of aryl methyl sites for hydroxylation is 2. The number of imidazole rings is 1. The maximum atomic E-state index is 13.4. The monoisotopic (exact) mass is 597 g/mol. The Bertz CT molecular complexity index is 1440. The number of fused-ring (bicyclic) bond motifs is 3. The molecule has 44 heavy (non-hydrogen) atoms. The second-order valence-corrected chi connectivity index (χ2v) is 13.1. The van der Waals surface area contributed by atoms with Crippen LogP contribution in [0.3, 0.4) is 0 Å². The van der Waals surface area contributed by atoms with Crippen molar-refractivity contribution in [1.29, 1.82) is 0 Å². The van der Waals surface area contributed by atoms with Gasteiger partial charge in [0.2, 0.25) is 0 Å². The molecule has 3 atom stereocenters. The molecular weight excluding hydrogens is 550 g/mol. The fourth-order valence-electron chi connectivity index (χ4n) is 7.55. The molecule has 2 fully saturated rings. The smallest absolute Gasteiger partial charge is 0.326 e. The molecular formula is C35H47N7O2.